The molecule has 2 N–H and O–H groups in total. The Morgan fingerprint density at radius 2 is 1.68 bits per heavy atom. The van der Waals surface area contributed by atoms with Crippen LogP contribution < -0.4 is 5.73 Å². The van der Waals surface area contributed by atoms with Gasteiger partial charge in [0.05, 0.1) is 0 Å². The molecule has 2 nitrogen and oxygen atoms in total. The average Bonchev–Trinajstić information content (AvgIpc) is 2.42. The van der Waals surface area contributed by atoms with E-state index in [0.29, 0.717) is 6.04 Å². The maximum atomic E-state index is 6.11. The fraction of sp³-hybridized carbons (Fsp3) is 0.647. The molecule has 1 aliphatic heterocycles. The predicted octanol–water partition coefficient (Wildman–Crippen LogP) is 3.51. The number of nitrogens with zero attached hydrogens (tertiary/aromatic N) is 1. The summed E-state index contributed by atoms with van der Waals surface area (Å²) >= 11 is 0. The topological polar surface area (TPSA) is 29.3 Å². The van der Waals surface area contributed by atoms with Gasteiger partial charge in [0.25, 0.3) is 0 Å². The van der Waals surface area contributed by atoms with Gasteiger partial charge >= 0.3 is 0 Å². The lowest BCUT2D eigenvalue weighted by atomic mass is 9.96. The van der Waals surface area contributed by atoms with E-state index in [0.717, 1.165) is 13.0 Å². The fourth-order valence-electron chi connectivity index (χ4n) is 3.24. The fourth-order valence-corrected chi connectivity index (χ4v) is 3.24. The van der Waals surface area contributed by atoms with E-state index in [4.69, 9.17) is 5.73 Å². The van der Waals surface area contributed by atoms with Crippen LogP contribution in [-0.2, 0) is 6.42 Å². The van der Waals surface area contributed by atoms with E-state index < -0.39 is 0 Å². The van der Waals surface area contributed by atoms with Crippen LogP contribution in [0.3, 0.4) is 0 Å². The van der Waals surface area contributed by atoms with Crippen LogP contribution in [0.4, 0.5) is 0 Å². The minimum absolute atomic E-state index is 0.411. The third-order valence-corrected chi connectivity index (χ3v) is 4.35. The van der Waals surface area contributed by atoms with Crippen LogP contribution in [0.2, 0.25) is 0 Å². The zero-order valence-electron chi connectivity index (χ0n) is 12.3. The molecule has 2 rings (SSSR count). The second-order valence-electron chi connectivity index (χ2n) is 5.61. The quantitative estimate of drug-likeness (QED) is 0.897. The van der Waals surface area contributed by atoms with Crippen molar-refractivity contribution in [2.75, 3.05) is 19.6 Å². The number of rotatable bonds is 4. The molecular weight excluding hydrogens is 232 g/mol. The number of aryl methyl sites for hydroxylation is 1. The van der Waals surface area contributed by atoms with Crippen molar-refractivity contribution in [2.24, 2.45) is 5.73 Å². The molecule has 0 spiro atoms. The third-order valence-electron chi connectivity index (χ3n) is 4.35. The summed E-state index contributed by atoms with van der Waals surface area (Å²) in [4.78, 5) is 2.62. The van der Waals surface area contributed by atoms with Crippen molar-refractivity contribution >= 4 is 0 Å². The number of nitrogens with two attached hydrogens (primary N) is 1. The summed E-state index contributed by atoms with van der Waals surface area (Å²) in [5, 5.41) is 0. The molecule has 19 heavy (non-hydrogen) atoms. The van der Waals surface area contributed by atoms with Crippen LogP contribution in [0, 0.1) is 0 Å². The van der Waals surface area contributed by atoms with Crippen LogP contribution in [0.5, 0.6) is 0 Å². The second-order valence-corrected chi connectivity index (χ2v) is 5.61. The van der Waals surface area contributed by atoms with Crippen LogP contribution >= 0.6 is 0 Å². The van der Waals surface area contributed by atoms with Gasteiger partial charge < -0.3 is 5.73 Å². The molecule has 106 valence electrons. The van der Waals surface area contributed by atoms with E-state index >= 15 is 0 Å². The van der Waals surface area contributed by atoms with Gasteiger partial charge in [-0.15, -0.1) is 0 Å². The first-order chi connectivity index (χ1) is 9.36. The van der Waals surface area contributed by atoms with Crippen molar-refractivity contribution < 1.29 is 0 Å². The first-order valence-corrected chi connectivity index (χ1v) is 7.88. The molecule has 2 heteroatoms. The molecule has 1 aliphatic rings. The first kappa shape index (κ1) is 14.5. The molecule has 1 unspecified atom stereocenters. The van der Waals surface area contributed by atoms with Crippen LogP contribution in [-0.4, -0.2) is 24.5 Å². The molecule has 0 amide bonds. The summed E-state index contributed by atoms with van der Waals surface area (Å²) in [6.45, 7) is 5.39. The largest absolute Gasteiger partial charge is 0.329 e. The number of hydrogen-bond acceptors (Lipinski definition) is 2. The van der Waals surface area contributed by atoms with E-state index in [1.165, 1.54) is 56.3 Å². The van der Waals surface area contributed by atoms with Gasteiger partial charge in [0.1, 0.15) is 0 Å². The summed E-state index contributed by atoms with van der Waals surface area (Å²) in [7, 11) is 0. The summed E-state index contributed by atoms with van der Waals surface area (Å²) in [5.74, 6) is 0. The summed E-state index contributed by atoms with van der Waals surface area (Å²) < 4.78 is 0. The van der Waals surface area contributed by atoms with Crippen LogP contribution in [0.1, 0.15) is 56.2 Å². The minimum Gasteiger partial charge on any atom is -0.329 e. The van der Waals surface area contributed by atoms with E-state index in [1.807, 2.05) is 0 Å². The highest BCUT2D eigenvalue weighted by Gasteiger charge is 2.21. The Balaban J connectivity index is 2.17. The van der Waals surface area contributed by atoms with Gasteiger partial charge in [-0.1, -0.05) is 50.5 Å². The molecule has 0 saturated carbocycles. The van der Waals surface area contributed by atoms with Crippen molar-refractivity contribution in [1.29, 1.82) is 0 Å². The van der Waals surface area contributed by atoms with Gasteiger partial charge in [-0.3, -0.25) is 4.90 Å². The molecule has 0 bridgehead atoms. The third kappa shape index (κ3) is 3.80. The molecule has 1 heterocycles. The van der Waals surface area contributed by atoms with E-state index in [2.05, 4.69) is 36.1 Å². The number of benzene rings is 1. The maximum Gasteiger partial charge on any atom is 0.0473 e. The lowest BCUT2D eigenvalue weighted by molar-refractivity contribution is 0.183. The monoisotopic (exact) mass is 260 g/mol. The standard InChI is InChI=1S/C17H28N2/c1-2-15-10-6-7-11-16(15)17(14-18)19-12-8-4-3-5-9-13-19/h6-7,10-11,17H,2-5,8-9,12-14,18H2,1H3. The molecule has 1 saturated heterocycles. The molecule has 0 radical (unpaired) electrons. The number of hydrogen-bond donors (Lipinski definition) is 1. The molecule has 1 fully saturated rings. The highest BCUT2D eigenvalue weighted by atomic mass is 15.2. The SMILES string of the molecule is CCc1ccccc1C(CN)N1CCCCCCC1. The average molecular weight is 260 g/mol. The highest BCUT2D eigenvalue weighted by molar-refractivity contribution is 5.30. The number of likely N-dealkylation sites (tertiary alicyclic amines) is 1. The zero-order chi connectivity index (χ0) is 13.5. The summed E-state index contributed by atoms with van der Waals surface area (Å²) in [6.07, 6.45) is 7.91. The molecule has 0 aliphatic carbocycles. The van der Waals surface area contributed by atoms with E-state index in [-0.39, 0.29) is 0 Å². The Morgan fingerprint density at radius 1 is 1.05 bits per heavy atom. The van der Waals surface area contributed by atoms with Crippen LogP contribution in [0.25, 0.3) is 0 Å². The Hall–Kier alpha value is -0.860. The molecule has 0 aromatic heterocycles. The smallest absolute Gasteiger partial charge is 0.0473 e. The summed E-state index contributed by atoms with van der Waals surface area (Å²) in [6, 6.07) is 9.23. The van der Waals surface area contributed by atoms with Gasteiger partial charge in [-0.25, -0.2) is 0 Å². The van der Waals surface area contributed by atoms with Crippen molar-refractivity contribution in [2.45, 2.75) is 51.5 Å². The van der Waals surface area contributed by atoms with E-state index in [9.17, 15) is 0 Å². The second kappa shape index (κ2) is 7.66. The van der Waals surface area contributed by atoms with E-state index in [1.54, 1.807) is 0 Å². The predicted molar refractivity (Wildman–Crippen MR) is 82.3 cm³/mol. The van der Waals surface area contributed by atoms with Crippen molar-refractivity contribution in [3.63, 3.8) is 0 Å². The van der Waals surface area contributed by atoms with Crippen molar-refractivity contribution in [3.05, 3.63) is 35.4 Å². The highest BCUT2D eigenvalue weighted by Crippen LogP contribution is 2.26. The molecular formula is C17H28N2. The minimum atomic E-state index is 0.411. The Bertz CT molecular complexity index is 367. The Morgan fingerprint density at radius 3 is 2.32 bits per heavy atom. The Kier molecular flexibility index (Phi) is 5.87. The van der Waals surface area contributed by atoms with Gasteiger partial charge in [-0.2, -0.15) is 0 Å². The van der Waals surface area contributed by atoms with Gasteiger partial charge in [0, 0.05) is 12.6 Å². The first-order valence-electron chi connectivity index (χ1n) is 7.88. The van der Waals surface area contributed by atoms with Crippen molar-refractivity contribution in [3.8, 4) is 0 Å². The van der Waals surface area contributed by atoms with Gasteiger partial charge in [-0.05, 0) is 43.5 Å². The van der Waals surface area contributed by atoms with Gasteiger partial charge in [0.15, 0.2) is 0 Å². The lowest BCUT2D eigenvalue weighted by Gasteiger charge is -2.33. The molecule has 1 aromatic carbocycles. The molecule has 1 aromatic rings. The normalized spacial score (nSPS) is 19.7. The van der Waals surface area contributed by atoms with Gasteiger partial charge in [0.2, 0.25) is 0 Å². The van der Waals surface area contributed by atoms with Crippen LogP contribution in [0.15, 0.2) is 24.3 Å². The lowest BCUT2D eigenvalue weighted by Crippen LogP contribution is -2.36. The summed E-state index contributed by atoms with van der Waals surface area (Å²) in [5.41, 5.74) is 9.02. The van der Waals surface area contributed by atoms with Crippen molar-refractivity contribution in [1.82, 2.24) is 4.90 Å². The zero-order valence-corrected chi connectivity index (χ0v) is 12.3. The maximum absolute atomic E-state index is 6.11. The Labute approximate surface area is 118 Å². The molecule has 1 atom stereocenters.